The molecule has 1 aliphatic rings. The van der Waals surface area contributed by atoms with E-state index in [2.05, 4.69) is 41.3 Å². The number of pyridine rings is 1. The van der Waals surface area contributed by atoms with Gasteiger partial charge in [0.15, 0.2) is 0 Å². The van der Waals surface area contributed by atoms with Crippen molar-refractivity contribution in [3.05, 3.63) is 23.9 Å². The number of nitrogens with one attached hydrogen (secondary N) is 1. The first kappa shape index (κ1) is 14.3. The molecule has 1 aliphatic heterocycles. The van der Waals surface area contributed by atoms with Crippen LogP contribution in [0, 0.1) is 5.92 Å². The molecule has 1 saturated heterocycles. The van der Waals surface area contributed by atoms with Gasteiger partial charge in [-0.3, -0.25) is 0 Å². The largest absolute Gasteiger partial charge is 0.381 e. The predicted molar refractivity (Wildman–Crippen MR) is 78.4 cm³/mol. The zero-order valence-electron chi connectivity index (χ0n) is 12.1. The normalized spacial score (nSPS) is 16.5. The summed E-state index contributed by atoms with van der Waals surface area (Å²) in [4.78, 5) is 6.81. The van der Waals surface area contributed by atoms with E-state index < -0.39 is 0 Å². The minimum absolute atomic E-state index is 0.738. The van der Waals surface area contributed by atoms with Gasteiger partial charge in [-0.05, 0) is 36.9 Å². The lowest BCUT2D eigenvalue weighted by atomic mass is 10.00. The van der Waals surface area contributed by atoms with Crippen molar-refractivity contribution in [1.82, 2.24) is 10.3 Å². The molecule has 4 nitrogen and oxygen atoms in total. The van der Waals surface area contributed by atoms with Crippen LogP contribution in [0.25, 0.3) is 0 Å². The number of hydrogen-bond acceptors (Lipinski definition) is 4. The van der Waals surface area contributed by atoms with E-state index in [1.165, 1.54) is 18.4 Å². The maximum absolute atomic E-state index is 5.40. The van der Waals surface area contributed by atoms with Gasteiger partial charge in [-0.1, -0.05) is 13.0 Å². The molecule has 106 valence electrons. The summed E-state index contributed by atoms with van der Waals surface area (Å²) in [6.07, 6.45) is 4.31. The Balaban J connectivity index is 1.85. The smallest absolute Gasteiger partial charge is 0.128 e. The quantitative estimate of drug-likeness (QED) is 0.852. The number of ether oxygens (including phenoxy) is 1. The second-order valence-electron chi connectivity index (χ2n) is 5.24. The van der Waals surface area contributed by atoms with Gasteiger partial charge in [0.1, 0.15) is 5.82 Å². The fourth-order valence-corrected chi connectivity index (χ4v) is 2.43. The van der Waals surface area contributed by atoms with Crippen LogP contribution < -0.4 is 10.2 Å². The van der Waals surface area contributed by atoms with Crippen molar-refractivity contribution >= 4 is 5.82 Å². The minimum Gasteiger partial charge on any atom is -0.381 e. The molecule has 1 N–H and O–H groups in total. The zero-order chi connectivity index (χ0) is 13.5. The third-order valence-electron chi connectivity index (χ3n) is 3.65. The van der Waals surface area contributed by atoms with Crippen molar-refractivity contribution in [2.24, 2.45) is 5.92 Å². The number of rotatable bonds is 6. The van der Waals surface area contributed by atoms with Gasteiger partial charge in [-0.2, -0.15) is 0 Å². The average Bonchev–Trinajstić information content (AvgIpc) is 2.46. The highest BCUT2D eigenvalue weighted by atomic mass is 16.5. The third-order valence-corrected chi connectivity index (χ3v) is 3.65. The van der Waals surface area contributed by atoms with Crippen LogP contribution in [0.2, 0.25) is 0 Å². The molecule has 0 aliphatic carbocycles. The molecular formula is C15H25N3O. The molecule has 0 bridgehead atoms. The predicted octanol–water partition coefficient (Wildman–Crippen LogP) is 2.05. The van der Waals surface area contributed by atoms with Crippen molar-refractivity contribution in [3.8, 4) is 0 Å². The Hall–Kier alpha value is -1.13. The summed E-state index contributed by atoms with van der Waals surface area (Å²) in [6, 6.07) is 4.28. The molecule has 0 unspecified atom stereocenters. The molecule has 0 spiro atoms. The monoisotopic (exact) mass is 263 g/mol. The summed E-state index contributed by atoms with van der Waals surface area (Å²) in [5.41, 5.74) is 1.24. The van der Waals surface area contributed by atoms with Crippen LogP contribution in [0.3, 0.4) is 0 Å². The topological polar surface area (TPSA) is 37.4 Å². The fraction of sp³-hybridized carbons (Fsp3) is 0.667. The molecule has 0 radical (unpaired) electrons. The van der Waals surface area contributed by atoms with E-state index in [0.29, 0.717) is 0 Å². The number of hydrogen-bond donors (Lipinski definition) is 1. The lowest BCUT2D eigenvalue weighted by Crippen LogP contribution is -2.30. The Labute approximate surface area is 116 Å². The number of nitrogens with zero attached hydrogens (tertiary/aromatic N) is 2. The first-order chi connectivity index (χ1) is 9.29. The van der Waals surface area contributed by atoms with Gasteiger partial charge in [0.2, 0.25) is 0 Å². The standard InChI is InChI=1S/C15H25N3O/c1-3-16-10-14-4-5-15(17-11-14)18(2)12-13-6-8-19-9-7-13/h4-5,11,13,16H,3,6-10,12H2,1-2H3. The zero-order valence-corrected chi connectivity index (χ0v) is 12.1. The van der Waals surface area contributed by atoms with Gasteiger partial charge in [-0.25, -0.2) is 4.98 Å². The van der Waals surface area contributed by atoms with Crippen molar-refractivity contribution in [3.63, 3.8) is 0 Å². The van der Waals surface area contributed by atoms with Crippen LogP contribution in [-0.4, -0.2) is 38.3 Å². The first-order valence-electron chi connectivity index (χ1n) is 7.24. The summed E-state index contributed by atoms with van der Waals surface area (Å²) >= 11 is 0. The van der Waals surface area contributed by atoms with E-state index in [0.717, 1.165) is 44.6 Å². The van der Waals surface area contributed by atoms with Gasteiger partial charge in [0.05, 0.1) is 0 Å². The summed E-state index contributed by atoms with van der Waals surface area (Å²) in [5.74, 6) is 1.80. The Morgan fingerprint density at radius 3 is 2.79 bits per heavy atom. The SMILES string of the molecule is CCNCc1ccc(N(C)CC2CCOCC2)nc1. The highest BCUT2D eigenvalue weighted by molar-refractivity contribution is 5.38. The lowest BCUT2D eigenvalue weighted by Gasteiger charge is -2.27. The maximum Gasteiger partial charge on any atom is 0.128 e. The van der Waals surface area contributed by atoms with Gasteiger partial charge in [0.25, 0.3) is 0 Å². The van der Waals surface area contributed by atoms with E-state index >= 15 is 0 Å². The highest BCUT2D eigenvalue weighted by Gasteiger charge is 2.16. The van der Waals surface area contributed by atoms with Gasteiger partial charge >= 0.3 is 0 Å². The second-order valence-corrected chi connectivity index (χ2v) is 5.24. The third kappa shape index (κ3) is 4.48. The van der Waals surface area contributed by atoms with Crippen LogP contribution in [0.1, 0.15) is 25.3 Å². The first-order valence-corrected chi connectivity index (χ1v) is 7.24. The van der Waals surface area contributed by atoms with Crippen LogP contribution in [0.15, 0.2) is 18.3 Å². The van der Waals surface area contributed by atoms with E-state index in [1.807, 2.05) is 6.20 Å². The van der Waals surface area contributed by atoms with Crippen LogP contribution in [-0.2, 0) is 11.3 Å². The Bertz CT molecular complexity index is 360. The summed E-state index contributed by atoms with van der Waals surface area (Å²) < 4.78 is 5.40. The number of anilines is 1. The van der Waals surface area contributed by atoms with E-state index in [1.54, 1.807) is 0 Å². The maximum atomic E-state index is 5.40. The molecule has 19 heavy (non-hydrogen) atoms. The summed E-state index contributed by atoms with van der Waals surface area (Å²) in [6.45, 7) is 6.90. The molecule has 0 amide bonds. The highest BCUT2D eigenvalue weighted by Crippen LogP contribution is 2.18. The molecule has 2 rings (SSSR count). The Kier molecular flexibility index (Phi) is 5.61. The second kappa shape index (κ2) is 7.46. The molecule has 1 aromatic rings. The summed E-state index contributed by atoms with van der Waals surface area (Å²) in [7, 11) is 2.13. The van der Waals surface area contributed by atoms with Crippen molar-refractivity contribution < 1.29 is 4.74 Å². The Morgan fingerprint density at radius 1 is 1.37 bits per heavy atom. The molecule has 1 fully saturated rings. The average molecular weight is 263 g/mol. The summed E-state index contributed by atoms with van der Waals surface area (Å²) in [5, 5.41) is 3.31. The fourth-order valence-electron chi connectivity index (χ4n) is 2.43. The van der Waals surface area contributed by atoms with Crippen LogP contribution >= 0.6 is 0 Å². The van der Waals surface area contributed by atoms with Gasteiger partial charge in [-0.15, -0.1) is 0 Å². The van der Waals surface area contributed by atoms with E-state index in [4.69, 9.17) is 4.74 Å². The van der Waals surface area contributed by atoms with Crippen LogP contribution in [0.5, 0.6) is 0 Å². The van der Waals surface area contributed by atoms with Gasteiger partial charge < -0.3 is 15.0 Å². The Morgan fingerprint density at radius 2 is 2.16 bits per heavy atom. The van der Waals surface area contributed by atoms with Crippen molar-refractivity contribution in [2.75, 3.05) is 38.3 Å². The molecular weight excluding hydrogens is 238 g/mol. The van der Waals surface area contributed by atoms with E-state index in [9.17, 15) is 0 Å². The van der Waals surface area contributed by atoms with Crippen molar-refractivity contribution in [2.45, 2.75) is 26.3 Å². The molecule has 4 heteroatoms. The molecule has 0 saturated carbocycles. The van der Waals surface area contributed by atoms with Crippen LogP contribution in [0.4, 0.5) is 5.82 Å². The van der Waals surface area contributed by atoms with Gasteiger partial charge in [0, 0.05) is 39.5 Å². The molecule has 0 aromatic carbocycles. The molecule has 2 heterocycles. The molecule has 1 aromatic heterocycles. The van der Waals surface area contributed by atoms with E-state index in [-0.39, 0.29) is 0 Å². The number of aromatic nitrogens is 1. The van der Waals surface area contributed by atoms with Crippen molar-refractivity contribution in [1.29, 1.82) is 0 Å². The minimum atomic E-state index is 0.738. The molecule has 0 atom stereocenters. The lowest BCUT2D eigenvalue weighted by molar-refractivity contribution is 0.0685.